The number of carbonyl (C=O) groups excluding carboxylic acids is 1. The number of aromatic amines is 1. The summed E-state index contributed by atoms with van der Waals surface area (Å²) in [6, 6.07) is 0. The Hall–Kier alpha value is -1.39. The van der Waals surface area contributed by atoms with Gasteiger partial charge < -0.3 is 4.90 Å². The Morgan fingerprint density at radius 2 is 2.15 bits per heavy atom. The molecule has 1 fully saturated rings. The Morgan fingerprint density at radius 1 is 1.40 bits per heavy atom. The molecule has 112 valence electrons. The zero-order valence-electron chi connectivity index (χ0n) is 12.6. The molecule has 0 atom stereocenters. The highest BCUT2D eigenvalue weighted by atomic mass is 16.2. The van der Waals surface area contributed by atoms with E-state index >= 15 is 0 Å². The number of hydrogen-bond acceptors (Lipinski definition) is 3. The summed E-state index contributed by atoms with van der Waals surface area (Å²) in [5.41, 5.74) is 0. The topological polar surface area (TPSA) is 61.9 Å². The Bertz CT molecular complexity index is 396. The third kappa shape index (κ3) is 4.05. The van der Waals surface area contributed by atoms with E-state index in [4.69, 9.17) is 0 Å². The van der Waals surface area contributed by atoms with Gasteiger partial charge in [-0.1, -0.05) is 26.2 Å². The van der Waals surface area contributed by atoms with Crippen LogP contribution in [0, 0.1) is 11.8 Å². The molecular formula is C15H26N4O. The summed E-state index contributed by atoms with van der Waals surface area (Å²) in [5.74, 6) is 2.06. The fourth-order valence-electron chi connectivity index (χ4n) is 3.11. The molecule has 0 spiro atoms. The van der Waals surface area contributed by atoms with Crippen LogP contribution in [-0.4, -0.2) is 33.0 Å². The van der Waals surface area contributed by atoms with Crippen LogP contribution in [0.2, 0.25) is 0 Å². The van der Waals surface area contributed by atoms with E-state index in [0.29, 0.717) is 6.54 Å². The van der Waals surface area contributed by atoms with Crippen LogP contribution < -0.4 is 0 Å². The van der Waals surface area contributed by atoms with Crippen LogP contribution in [0.1, 0.15) is 57.7 Å². The zero-order chi connectivity index (χ0) is 14.4. The molecule has 0 bridgehead atoms. The van der Waals surface area contributed by atoms with Crippen molar-refractivity contribution in [2.24, 2.45) is 11.8 Å². The highest BCUT2D eigenvalue weighted by molar-refractivity contribution is 5.78. The molecule has 1 aliphatic carbocycles. The summed E-state index contributed by atoms with van der Waals surface area (Å²) in [5, 5.41) is 6.61. The summed E-state index contributed by atoms with van der Waals surface area (Å²) >= 11 is 0. The van der Waals surface area contributed by atoms with Crippen molar-refractivity contribution in [1.82, 2.24) is 20.1 Å². The predicted octanol–water partition coefficient (Wildman–Crippen LogP) is 2.76. The summed E-state index contributed by atoms with van der Waals surface area (Å²) in [4.78, 5) is 18.3. The lowest BCUT2D eigenvalue weighted by atomic mass is 9.79. The van der Waals surface area contributed by atoms with Crippen LogP contribution >= 0.6 is 0 Å². The molecule has 0 aromatic carbocycles. The third-order valence-corrected chi connectivity index (χ3v) is 4.39. The second kappa shape index (κ2) is 7.41. The molecule has 0 aliphatic heterocycles. The van der Waals surface area contributed by atoms with Gasteiger partial charge in [-0.25, -0.2) is 4.98 Å². The second-order valence-corrected chi connectivity index (χ2v) is 5.99. The Morgan fingerprint density at radius 3 is 2.75 bits per heavy atom. The molecule has 1 saturated carbocycles. The third-order valence-electron chi connectivity index (χ3n) is 4.39. The highest BCUT2D eigenvalue weighted by Crippen LogP contribution is 2.32. The summed E-state index contributed by atoms with van der Waals surface area (Å²) in [6.07, 6.45) is 9.95. The predicted molar refractivity (Wildman–Crippen MR) is 77.8 cm³/mol. The molecular weight excluding hydrogens is 252 g/mol. The number of nitrogens with zero attached hydrogens (tertiary/aromatic N) is 3. The minimum atomic E-state index is 0.209. The monoisotopic (exact) mass is 278 g/mol. The van der Waals surface area contributed by atoms with Crippen LogP contribution in [0.4, 0.5) is 0 Å². The number of nitrogens with one attached hydrogen (secondary N) is 1. The average molecular weight is 278 g/mol. The smallest absolute Gasteiger partial charge is 0.225 e. The number of amides is 1. The molecule has 20 heavy (non-hydrogen) atoms. The van der Waals surface area contributed by atoms with Crippen molar-refractivity contribution in [3.8, 4) is 0 Å². The number of aromatic nitrogens is 3. The molecule has 1 aromatic heterocycles. The molecule has 1 N–H and O–H groups in total. The molecule has 1 aromatic rings. The van der Waals surface area contributed by atoms with Gasteiger partial charge in [0, 0.05) is 13.0 Å². The van der Waals surface area contributed by atoms with Crippen molar-refractivity contribution in [3.63, 3.8) is 0 Å². The standard InChI is InChI=1S/C15H26N4O/c1-3-4-5-12-6-8-13(9-7-12)15(20)19(2)10-14-16-11-17-18-14/h11-13H,3-10H2,1-2H3,(H,16,17,18). The summed E-state index contributed by atoms with van der Waals surface area (Å²) in [7, 11) is 1.86. The molecule has 2 rings (SSSR count). The average Bonchev–Trinajstić information content (AvgIpc) is 2.97. The van der Waals surface area contributed by atoms with E-state index in [1.54, 1.807) is 4.90 Å². The molecule has 5 heteroatoms. The minimum absolute atomic E-state index is 0.209. The zero-order valence-corrected chi connectivity index (χ0v) is 12.6. The maximum Gasteiger partial charge on any atom is 0.225 e. The van der Waals surface area contributed by atoms with Gasteiger partial charge in [-0.05, 0) is 31.6 Å². The van der Waals surface area contributed by atoms with Gasteiger partial charge in [0.2, 0.25) is 5.91 Å². The number of rotatable bonds is 6. The first-order valence-corrected chi connectivity index (χ1v) is 7.80. The minimum Gasteiger partial charge on any atom is -0.338 e. The number of carbonyl (C=O) groups is 1. The molecule has 0 unspecified atom stereocenters. The first-order chi connectivity index (χ1) is 9.70. The Balaban J connectivity index is 1.76. The van der Waals surface area contributed by atoms with Gasteiger partial charge in [0.05, 0.1) is 6.54 Å². The van der Waals surface area contributed by atoms with E-state index in [2.05, 4.69) is 22.1 Å². The second-order valence-electron chi connectivity index (χ2n) is 5.99. The first-order valence-electron chi connectivity index (χ1n) is 7.80. The molecule has 1 heterocycles. The SMILES string of the molecule is CCCCC1CCC(C(=O)N(C)Cc2ncn[nH]2)CC1. The van der Waals surface area contributed by atoms with Crippen molar-refractivity contribution in [2.45, 2.75) is 58.4 Å². The Kier molecular flexibility index (Phi) is 5.56. The van der Waals surface area contributed by atoms with Crippen molar-refractivity contribution in [3.05, 3.63) is 12.2 Å². The van der Waals surface area contributed by atoms with Crippen molar-refractivity contribution in [2.75, 3.05) is 7.05 Å². The van der Waals surface area contributed by atoms with Gasteiger partial charge in [0.25, 0.3) is 0 Å². The lowest BCUT2D eigenvalue weighted by molar-refractivity contribution is -0.136. The van der Waals surface area contributed by atoms with Crippen LogP contribution in [0.25, 0.3) is 0 Å². The van der Waals surface area contributed by atoms with Gasteiger partial charge >= 0.3 is 0 Å². The molecule has 0 radical (unpaired) electrons. The fraction of sp³-hybridized carbons (Fsp3) is 0.800. The van der Waals surface area contributed by atoms with E-state index in [1.807, 2.05) is 7.05 Å². The van der Waals surface area contributed by atoms with Gasteiger partial charge in [0.15, 0.2) is 0 Å². The van der Waals surface area contributed by atoms with Crippen LogP contribution in [-0.2, 0) is 11.3 Å². The van der Waals surface area contributed by atoms with E-state index in [1.165, 1.54) is 38.4 Å². The van der Waals surface area contributed by atoms with Crippen LogP contribution in [0.15, 0.2) is 6.33 Å². The number of hydrogen-bond donors (Lipinski definition) is 1. The highest BCUT2D eigenvalue weighted by Gasteiger charge is 2.28. The number of unbranched alkanes of at least 4 members (excludes halogenated alkanes) is 1. The maximum absolute atomic E-state index is 12.4. The van der Waals surface area contributed by atoms with Gasteiger partial charge in [-0.15, -0.1) is 0 Å². The van der Waals surface area contributed by atoms with Gasteiger partial charge in [-0.2, -0.15) is 5.10 Å². The Labute approximate surface area is 121 Å². The fourth-order valence-corrected chi connectivity index (χ4v) is 3.11. The molecule has 0 saturated heterocycles. The normalized spacial score (nSPS) is 22.7. The quantitative estimate of drug-likeness (QED) is 0.870. The first kappa shape index (κ1) is 15.0. The number of H-pyrrole nitrogens is 1. The lowest BCUT2D eigenvalue weighted by Crippen LogP contribution is -2.34. The van der Waals surface area contributed by atoms with Gasteiger partial charge in [0.1, 0.15) is 12.2 Å². The largest absolute Gasteiger partial charge is 0.338 e. The van der Waals surface area contributed by atoms with Gasteiger partial charge in [-0.3, -0.25) is 9.89 Å². The van der Waals surface area contributed by atoms with Crippen LogP contribution in [0.3, 0.4) is 0 Å². The summed E-state index contributed by atoms with van der Waals surface area (Å²) in [6.45, 7) is 2.77. The molecule has 5 nitrogen and oxygen atoms in total. The van der Waals surface area contributed by atoms with E-state index < -0.39 is 0 Å². The molecule has 1 amide bonds. The lowest BCUT2D eigenvalue weighted by Gasteiger charge is -2.30. The van der Waals surface area contributed by atoms with Crippen molar-refractivity contribution in [1.29, 1.82) is 0 Å². The van der Waals surface area contributed by atoms with E-state index in [9.17, 15) is 4.79 Å². The summed E-state index contributed by atoms with van der Waals surface area (Å²) < 4.78 is 0. The maximum atomic E-state index is 12.4. The van der Waals surface area contributed by atoms with E-state index in [0.717, 1.165) is 24.6 Å². The molecule has 1 aliphatic rings. The van der Waals surface area contributed by atoms with Crippen molar-refractivity contribution < 1.29 is 4.79 Å². The van der Waals surface area contributed by atoms with Crippen molar-refractivity contribution >= 4 is 5.91 Å². The van der Waals surface area contributed by atoms with E-state index in [-0.39, 0.29) is 11.8 Å². The van der Waals surface area contributed by atoms with Crippen LogP contribution in [0.5, 0.6) is 0 Å².